The molecule has 0 fully saturated rings. The Bertz CT molecular complexity index is 1350. The van der Waals surface area contributed by atoms with E-state index in [-0.39, 0.29) is 5.91 Å². The van der Waals surface area contributed by atoms with Gasteiger partial charge in [0.2, 0.25) is 11.6 Å². The van der Waals surface area contributed by atoms with E-state index in [2.05, 4.69) is 10.3 Å². The molecule has 3 aromatic carbocycles. The number of carbonyl (C=O) groups excluding carboxylic acids is 1. The molecule has 0 saturated carbocycles. The largest absolute Gasteiger partial charge is 0.497 e. The van der Waals surface area contributed by atoms with Gasteiger partial charge in [-0.2, -0.15) is 0 Å². The molecule has 188 valence electrons. The maximum atomic E-state index is 13.3. The lowest BCUT2D eigenvalue weighted by molar-refractivity contribution is 0.102. The molecule has 8 heteroatoms. The lowest BCUT2D eigenvalue weighted by atomic mass is 10.1. The van der Waals surface area contributed by atoms with Crippen molar-refractivity contribution in [2.45, 2.75) is 27.7 Å². The highest BCUT2D eigenvalue weighted by Crippen LogP contribution is 2.39. The molecule has 0 saturated heterocycles. The highest BCUT2D eigenvalue weighted by atomic mass is 16.5. The van der Waals surface area contributed by atoms with Crippen LogP contribution in [-0.4, -0.2) is 37.8 Å². The fourth-order valence-corrected chi connectivity index (χ4v) is 3.76. The number of aromatic nitrogens is 1. The molecule has 1 N–H and O–H groups in total. The number of hydrogen-bond donors (Lipinski definition) is 1. The molecule has 0 aliphatic heterocycles. The van der Waals surface area contributed by atoms with Gasteiger partial charge in [0.25, 0.3) is 5.91 Å². The number of benzene rings is 3. The number of methoxy groups -OCH3 is 1. The van der Waals surface area contributed by atoms with E-state index in [1.54, 1.807) is 19.2 Å². The second kappa shape index (κ2) is 11.0. The molecule has 8 nitrogen and oxygen atoms in total. The average molecular weight is 491 g/mol. The topological polar surface area (TPSA) is 92.1 Å². The van der Waals surface area contributed by atoms with Gasteiger partial charge in [-0.05, 0) is 69.7 Å². The Kier molecular flexibility index (Phi) is 7.63. The van der Waals surface area contributed by atoms with Crippen molar-refractivity contribution in [2.24, 2.45) is 0 Å². The first kappa shape index (κ1) is 24.9. The first-order valence-electron chi connectivity index (χ1n) is 11.9. The third-order valence-electron chi connectivity index (χ3n) is 5.50. The van der Waals surface area contributed by atoms with Crippen LogP contribution in [0, 0.1) is 6.92 Å². The molecule has 1 heterocycles. The van der Waals surface area contributed by atoms with E-state index < -0.39 is 0 Å². The molecule has 4 rings (SSSR count). The highest BCUT2D eigenvalue weighted by Gasteiger charge is 2.19. The number of fused-ring (bicyclic) bond motifs is 1. The zero-order valence-corrected chi connectivity index (χ0v) is 21.1. The smallest absolute Gasteiger partial charge is 0.255 e. The molecular weight excluding hydrogens is 460 g/mol. The molecule has 4 aromatic rings. The summed E-state index contributed by atoms with van der Waals surface area (Å²) in [5, 5.41) is 3.00. The summed E-state index contributed by atoms with van der Waals surface area (Å²) in [6.07, 6.45) is 0. The monoisotopic (exact) mass is 490 g/mol. The van der Waals surface area contributed by atoms with E-state index >= 15 is 0 Å². The zero-order chi connectivity index (χ0) is 25.7. The van der Waals surface area contributed by atoms with Gasteiger partial charge < -0.3 is 28.7 Å². The number of nitrogens with one attached hydrogen (secondary N) is 1. The van der Waals surface area contributed by atoms with Crippen molar-refractivity contribution in [2.75, 3.05) is 32.2 Å². The van der Waals surface area contributed by atoms with Crippen LogP contribution in [0.3, 0.4) is 0 Å². The summed E-state index contributed by atoms with van der Waals surface area (Å²) >= 11 is 0. The average Bonchev–Trinajstić information content (AvgIpc) is 3.30. The minimum absolute atomic E-state index is 0.303. The predicted octanol–water partition coefficient (Wildman–Crippen LogP) is 6.26. The number of oxazole rings is 1. The number of amides is 1. The van der Waals surface area contributed by atoms with Crippen LogP contribution in [0.15, 0.2) is 52.9 Å². The third kappa shape index (κ3) is 5.22. The van der Waals surface area contributed by atoms with Crippen LogP contribution in [0.25, 0.3) is 22.6 Å². The van der Waals surface area contributed by atoms with Crippen molar-refractivity contribution in [3.63, 3.8) is 0 Å². The van der Waals surface area contributed by atoms with E-state index in [4.69, 9.17) is 23.4 Å². The lowest BCUT2D eigenvalue weighted by Crippen LogP contribution is -2.14. The number of hydrogen-bond acceptors (Lipinski definition) is 7. The van der Waals surface area contributed by atoms with Crippen molar-refractivity contribution in [3.05, 3.63) is 59.7 Å². The number of ether oxygens (including phenoxy) is 4. The van der Waals surface area contributed by atoms with Crippen LogP contribution < -0.4 is 24.3 Å². The van der Waals surface area contributed by atoms with E-state index in [1.807, 2.05) is 64.1 Å². The third-order valence-corrected chi connectivity index (χ3v) is 5.50. The van der Waals surface area contributed by atoms with Crippen LogP contribution in [0.4, 0.5) is 5.69 Å². The number of anilines is 1. The van der Waals surface area contributed by atoms with Crippen molar-refractivity contribution < 1.29 is 28.2 Å². The summed E-state index contributed by atoms with van der Waals surface area (Å²) in [5.41, 5.74) is 4.01. The second-order valence-corrected chi connectivity index (χ2v) is 7.94. The van der Waals surface area contributed by atoms with E-state index in [0.29, 0.717) is 71.1 Å². The van der Waals surface area contributed by atoms with Crippen LogP contribution in [0.1, 0.15) is 36.7 Å². The molecule has 0 aliphatic rings. The number of rotatable bonds is 10. The van der Waals surface area contributed by atoms with E-state index in [0.717, 1.165) is 11.1 Å². The first-order valence-corrected chi connectivity index (χ1v) is 11.9. The predicted molar refractivity (Wildman–Crippen MR) is 139 cm³/mol. The van der Waals surface area contributed by atoms with E-state index in [9.17, 15) is 4.79 Å². The Balaban J connectivity index is 1.65. The minimum atomic E-state index is -0.303. The summed E-state index contributed by atoms with van der Waals surface area (Å²) in [4.78, 5) is 17.9. The Morgan fingerprint density at radius 1 is 0.917 bits per heavy atom. The summed E-state index contributed by atoms with van der Waals surface area (Å²) in [6.45, 7) is 8.85. The van der Waals surface area contributed by atoms with Gasteiger partial charge in [-0.1, -0.05) is 6.07 Å². The molecule has 0 aliphatic carbocycles. The quantitative estimate of drug-likeness (QED) is 0.280. The molecule has 36 heavy (non-hydrogen) atoms. The Labute approximate surface area is 210 Å². The van der Waals surface area contributed by atoms with Crippen molar-refractivity contribution >= 4 is 22.7 Å². The number of aryl methyl sites for hydroxylation is 1. The molecule has 0 atom stereocenters. The fourth-order valence-electron chi connectivity index (χ4n) is 3.76. The SMILES string of the molecule is CCOc1cc(C(=O)Nc2cc(-c3nc4cc(OC)ccc4o3)ccc2C)cc(OCC)c1OCC. The van der Waals surface area contributed by atoms with Crippen LogP contribution >= 0.6 is 0 Å². The fraction of sp³-hybridized carbons (Fsp3) is 0.286. The molecule has 0 radical (unpaired) electrons. The highest BCUT2D eigenvalue weighted by molar-refractivity contribution is 6.05. The normalized spacial score (nSPS) is 10.8. The van der Waals surface area contributed by atoms with Crippen LogP contribution in [0.2, 0.25) is 0 Å². The van der Waals surface area contributed by atoms with Gasteiger partial charge in [0.1, 0.15) is 11.3 Å². The minimum Gasteiger partial charge on any atom is -0.497 e. The standard InChI is InChI=1S/C28H30N2O6/c1-6-33-24-14-19(15-25(34-7-2)26(24)35-8-3)27(31)29-21-13-18(10-9-17(21)4)28-30-22-16-20(32-5)11-12-23(22)36-28/h9-16H,6-8H2,1-5H3,(H,29,31). The maximum absolute atomic E-state index is 13.3. The van der Waals surface area contributed by atoms with Crippen LogP contribution in [0.5, 0.6) is 23.0 Å². The van der Waals surface area contributed by atoms with Gasteiger partial charge in [0.15, 0.2) is 17.1 Å². The Morgan fingerprint density at radius 3 is 2.25 bits per heavy atom. The van der Waals surface area contributed by atoms with E-state index in [1.165, 1.54) is 0 Å². The van der Waals surface area contributed by atoms with Crippen molar-refractivity contribution in [3.8, 4) is 34.5 Å². The van der Waals surface area contributed by atoms with Gasteiger partial charge in [-0.15, -0.1) is 0 Å². The summed E-state index contributed by atoms with van der Waals surface area (Å²) in [6, 6.07) is 14.5. The van der Waals surface area contributed by atoms with Gasteiger partial charge in [0.05, 0.1) is 26.9 Å². The summed E-state index contributed by atoms with van der Waals surface area (Å²) in [7, 11) is 1.61. The summed E-state index contributed by atoms with van der Waals surface area (Å²) < 4.78 is 28.4. The molecule has 0 spiro atoms. The first-order chi connectivity index (χ1) is 17.5. The lowest BCUT2D eigenvalue weighted by Gasteiger charge is -2.17. The second-order valence-electron chi connectivity index (χ2n) is 7.94. The number of nitrogens with zero attached hydrogens (tertiary/aromatic N) is 1. The van der Waals surface area contributed by atoms with Crippen LogP contribution in [-0.2, 0) is 0 Å². The van der Waals surface area contributed by atoms with Crippen molar-refractivity contribution in [1.82, 2.24) is 4.98 Å². The molecule has 1 aromatic heterocycles. The maximum Gasteiger partial charge on any atom is 0.255 e. The van der Waals surface area contributed by atoms with Gasteiger partial charge in [0, 0.05) is 22.9 Å². The summed E-state index contributed by atoms with van der Waals surface area (Å²) in [5.74, 6) is 2.26. The Hall–Kier alpha value is -4.20. The molecule has 0 unspecified atom stereocenters. The molecule has 0 bridgehead atoms. The Morgan fingerprint density at radius 2 is 1.61 bits per heavy atom. The molecular formula is C28H30N2O6. The van der Waals surface area contributed by atoms with Gasteiger partial charge in [-0.25, -0.2) is 4.98 Å². The molecule has 1 amide bonds. The van der Waals surface area contributed by atoms with Crippen molar-refractivity contribution in [1.29, 1.82) is 0 Å². The van der Waals surface area contributed by atoms with Gasteiger partial charge in [-0.3, -0.25) is 4.79 Å². The number of carbonyl (C=O) groups is 1. The zero-order valence-electron chi connectivity index (χ0n) is 21.1. The van der Waals surface area contributed by atoms with Gasteiger partial charge >= 0.3 is 0 Å².